The summed E-state index contributed by atoms with van der Waals surface area (Å²) < 4.78 is 166. The van der Waals surface area contributed by atoms with Gasteiger partial charge >= 0.3 is 0 Å². The predicted octanol–water partition coefficient (Wildman–Crippen LogP) is 4.95. The summed E-state index contributed by atoms with van der Waals surface area (Å²) >= 11 is 0. The van der Waals surface area contributed by atoms with E-state index in [1.54, 1.807) is 45.3 Å². The van der Waals surface area contributed by atoms with Crippen molar-refractivity contribution in [3.05, 3.63) is 71.5 Å². The van der Waals surface area contributed by atoms with Crippen LogP contribution in [0.25, 0.3) is 0 Å². The molecule has 0 aliphatic carbocycles. The third-order valence-electron chi connectivity index (χ3n) is 12.1. The first-order valence-electron chi connectivity index (χ1n) is 22.6. The van der Waals surface area contributed by atoms with Gasteiger partial charge in [-0.2, -0.15) is 38.2 Å². The van der Waals surface area contributed by atoms with E-state index >= 15 is 0 Å². The van der Waals surface area contributed by atoms with Crippen LogP contribution in [-0.2, 0) is 79.8 Å². The fraction of sp³-hybridized carbons (Fsp3) is 0.600. The third-order valence-corrected chi connectivity index (χ3v) is 15.4. The molecule has 20 nitrogen and oxygen atoms in total. The molecule has 0 fully saturated rings. The van der Waals surface area contributed by atoms with Gasteiger partial charge in [-0.1, -0.05) is 6.08 Å². The lowest BCUT2D eigenvalue weighted by molar-refractivity contribution is -0.438. The highest BCUT2D eigenvalue weighted by Crippen LogP contribution is 2.51. The summed E-state index contributed by atoms with van der Waals surface area (Å²) in [4.78, 5) is 12.8. The van der Waals surface area contributed by atoms with Gasteiger partial charge < -0.3 is 33.4 Å². The van der Waals surface area contributed by atoms with Gasteiger partial charge in [-0.25, -0.2) is 0 Å². The molecule has 0 spiro atoms. The summed E-state index contributed by atoms with van der Waals surface area (Å²) in [6.45, 7) is 8.76. The number of carbonyl (C=O) groups is 1. The summed E-state index contributed by atoms with van der Waals surface area (Å²) in [6, 6.07) is 8.28. The standard InChI is InChI=1S/C45H66N2O18S4/c1-35(48)11-6-5-7-20-46-40-16-14-36(68(55,56)57)33-38(40)44(2,18-9-31-66(49,50)51)42(46)12-8-13-43-45(3,19-10-32-67(52,53)54)39-34-37(69(58,59)60)15-17-41(39)47(43)21-22-62-25-26-64-29-30-65-28-27-63-24-23-61-4/h8,12-17,33-34H,5-7,9-11,18-32H2,1-4H3,(H3-,49,50,51,52,53,54,55,56,57,58,59,60)/p+1. The molecule has 388 valence electrons. The van der Waals surface area contributed by atoms with Crippen molar-refractivity contribution in [3.8, 4) is 0 Å². The number of allylic oxidation sites excluding steroid dienone is 4. The van der Waals surface area contributed by atoms with Gasteiger partial charge in [0.05, 0.1) is 86.2 Å². The maximum Gasteiger partial charge on any atom is 0.294 e. The number of ketones is 1. The minimum absolute atomic E-state index is 0.0370. The van der Waals surface area contributed by atoms with Gasteiger partial charge in [0.2, 0.25) is 5.69 Å². The molecule has 2 aliphatic heterocycles. The molecule has 0 aromatic heterocycles. The topological polar surface area (TPSA) is 287 Å². The van der Waals surface area contributed by atoms with Crippen molar-refractivity contribution >= 4 is 63.3 Å². The average molecular weight is 1050 g/mol. The number of hydrogen-bond acceptors (Lipinski definition) is 15. The van der Waals surface area contributed by atoms with Gasteiger partial charge in [-0.05, 0) is 101 Å². The lowest BCUT2D eigenvalue weighted by Gasteiger charge is -2.30. The Morgan fingerprint density at radius 3 is 1.68 bits per heavy atom. The van der Waals surface area contributed by atoms with Crippen LogP contribution in [0, 0.1) is 0 Å². The Morgan fingerprint density at radius 2 is 1.16 bits per heavy atom. The number of benzene rings is 2. The molecule has 2 unspecified atom stereocenters. The van der Waals surface area contributed by atoms with Crippen molar-refractivity contribution in [3.63, 3.8) is 0 Å². The van der Waals surface area contributed by atoms with Crippen LogP contribution in [0.1, 0.15) is 83.3 Å². The fourth-order valence-corrected chi connectivity index (χ4v) is 10.8. The molecule has 24 heteroatoms. The molecule has 0 bridgehead atoms. The normalized spacial score (nSPS) is 19.3. The monoisotopic (exact) mass is 1050 g/mol. The van der Waals surface area contributed by atoms with E-state index in [1.165, 1.54) is 37.3 Å². The van der Waals surface area contributed by atoms with Crippen LogP contribution in [0.15, 0.2) is 70.1 Å². The van der Waals surface area contributed by atoms with E-state index in [0.29, 0.717) is 106 Å². The van der Waals surface area contributed by atoms with Crippen molar-refractivity contribution in [2.75, 3.05) is 96.1 Å². The Balaban J connectivity index is 1.76. The summed E-state index contributed by atoms with van der Waals surface area (Å²) in [5.41, 5.74) is 0.994. The molecule has 2 atom stereocenters. The SMILES string of the molecule is COCCOCCOCCOCCOCCN1/C(=C/C=C/C2=[N+](CCCCCC(C)=O)c3ccc(S(=O)(=O)O)cc3C2(C)CCCS(=O)(=O)O)C(C)(CCCS(=O)(=O)O)c2cc(S(=O)(=O)O)ccc21. The highest BCUT2D eigenvalue weighted by molar-refractivity contribution is 7.86. The highest BCUT2D eigenvalue weighted by Gasteiger charge is 2.48. The summed E-state index contributed by atoms with van der Waals surface area (Å²) in [6.07, 6.45) is 7.64. The zero-order valence-corrected chi connectivity index (χ0v) is 42.8. The molecule has 69 heavy (non-hydrogen) atoms. The zero-order chi connectivity index (χ0) is 51.1. The Morgan fingerprint density at radius 1 is 0.652 bits per heavy atom. The lowest BCUT2D eigenvalue weighted by Crippen LogP contribution is -2.32. The van der Waals surface area contributed by atoms with Crippen molar-refractivity contribution in [2.24, 2.45) is 0 Å². The molecule has 0 saturated carbocycles. The minimum Gasteiger partial charge on any atom is -0.382 e. The van der Waals surface area contributed by atoms with Gasteiger partial charge in [0.15, 0.2) is 5.71 Å². The predicted molar refractivity (Wildman–Crippen MR) is 257 cm³/mol. The van der Waals surface area contributed by atoms with Gasteiger partial charge in [0.25, 0.3) is 40.5 Å². The number of nitrogens with zero attached hydrogens (tertiary/aromatic N) is 2. The van der Waals surface area contributed by atoms with E-state index in [2.05, 4.69) is 0 Å². The average Bonchev–Trinajstić information content (AvgIpc) is 3.61. The van der Waals surface area contributed by atoms with E-state index in [4.69, 9.17) is 23.7 Å². The molecule has 0 amide bonds. The number of ether oxygens (including phenoxy) is 5. The van der Waals surface area contributed by atoms with Crippen LogP contribution in [0.3, 0.4) is 0 Å². The molecule has 2 heterocycles. The van der Waals surface area contributed by atoms with Crippen LogP contribution in [-0.4, -0.2) is 159 Å². The number of hydrogen-bond donors (Lipinski definition) is 4. The number of unbranched alkanes of at least 4 members (excludes halogenated alkanes) is 2. The Bertz CT molecular complexity index is 2630. The number of Topliss-reactive ketones (excluding diaryl/α,β-unsaturated/α-hetero) is 1. The Labute approximate surface area is 406 Å². The second kappa shape index (κ2) is 25.7. The first kappa shape index (κ1) is 58.1. The summed E-state index contributed by atoms with van der Waals surface area (Å²) in [5, 5.41) is 0. The van der Waals surface area contributed by atoms with Crippen LogP contribution < -0.4 is 4.90 Å². The number of carbonyl (C=O) groups excluding carboxylic acids is 1. The Kier molecular flexibility index (Phi) is 21.7. The van der Waals surface area contributed by atoms with E-state index in [-0.39, 0.29) is 62.7 Å². The van der Waals surface area contributed by atoms with E-state index < -0.39 is 67.7 Å². The van der Waals surface area contributed by atoms with Crippen LogP contribution in [0.5, 0.6) is 0 Å². The third kappa shape index (κ3) is 17.4. The molecular weight excluding hydrogens is 985 g/mol. The van der Waals surface area contributed by atoms with Crippen LogP contribution >= 0.6 is 0 Å². The second-order valence-electron chi connectivity index (χ2n) is 17.3. The van der Waals surface area contributed by atoms with Gasteiger partial charge in [-0.15, -0.1) is 0 Å². The minimum atomic E-state index is -4.69. The second-order valence-corrected chi connectivity index (χ2v) is 23.3. The highest BCUT2D eigenvalue weighted by atomic mass is 32.2. The van der Waals surface area contributed by atoms with Crippen LogP contribution in [0.4, 0.5) is 11.4 Å². The molecule has 2 aliphatic rings. The van der Waals surface area contributed by atoms with E-state index in [9.17, 15) is 56.7 Å². The molecule has 2 aromatic carbocycles. The lowest BCUT2D eigenvalue weighted by atomic mass is 9.75. The van der Waals surface area contributed by atoms with Gasteiger partial charge in [0.1, 0.15) is 12.3 Å². The number of methoxy groups -OCH3 is 1. The number of fused-ring (bicyclic) bond motifs is 2. The first-order chi connectivity index (χ1) is 32.3. The van der Waals surface area contributed by atoms with Gasteiger partial charge in [-0.3, -0.25) is 18.2 Å². The zero-order valence-electron chi connectivity index (χ0n) is 39.6. The molecule has 2 aromatic rings. The molecule has 4 N–H and O–H groups in total. The Hall–Kier alpha value is -3.50. The molecule has 0 saturated heterocycles. The largest absolute Gasteiger partial charge is 0.382 e. The van der Waals surface area contributed by atoms with Crippen molar-refractivity contribution in [1.29, 1.82) is 0 Å². The number of anilines is 1. The quantitative estimate of drug-likeness (QED) is 0.0418. The number of rotatable bonds is 33. The summed E-state index contributed by atoms with van der Waals surface area (Å²) in [7, 11) is -16.6. The van der Waals surface area contributed by atoms with Crippen molar-refractivity contribution in [1.82, 2.24) is 0 Å². The molecule has 0 radical (unpaired) electrons. The van der Waals surface area contributed by atoms with Gasteiger partial charge in [0, 0.05) is 61.0 Å². The van der Waals surface area contributed by atoms with Crippen LogP contribution in [0.2, 0.25) is 0 Å². The maximum atomic E-state index is 12.5. The van der Waals surface area contributed by atoms with Crippen molar-refractivity contribution < 1.29 is 84.9 Å². The van der Waals surface area contributed by atoms with E-state index in [0.717, 1.165) is 0 Å². The fourth-order valence-electron chi connectivity index (χ4n) is 8.72. The smallest absolute Gasteiger partial charge is 0.294 e. The first-order valence-corrected chi connectivity index (χ1v) is 28.7. The summed E-state index contributed by atoms with van der Waals surface area (Å²) in [5.74, 6) is -1.14. The van der Waals surface area contributed by atoms with Crippen molar-refractivity contribution in [2.45, 2.75) is 92.8 Å². The van der Waals surface area contributed by atoms with E-state index in [1.807, 2.05) is 9.48 Å². The molecular formula is C45H67N2O18S4+. The molecule has 4 rings (SSSR count). The maximum absolute atomic E-state index is 12.5.